The Hall–Kier alpha value is -1.33. The summed E-state index contributed by atoms with van der Waals surface area (Å²) in [6.45, 7) is 19.6. The van der Waals surface area contributed by atoms with Gasteiger partial charge in [-0.3, -0.25) is 4.18 Å². The number of rotatable bonds is 3. The minimum atomic E-state index is -3.44. The van der Waals surface area contributed by atoms with E-state index < -0.39 is 10.1 Å². The fraction of sp³-hybridized carbons (Fsp3) is 0.771. The first-order valence-corrected chi connectivity index (χ1v) is 17.6. The van der Waals surface area contributed by atoms with Crippen molar-refractivity contribution in [2.75, 3.05) is 12.9 Å². The fourth-order valence-electron chi connectivity index (χ4n) is 10.3. The van der Waals surface area contributed by atoms with Crippen LogP contribution in [0.2, 0.25) is 0 Å². The Kier molecular flexibility index (Phi) is 6.20. The Morgan fingerprint density at radius 1 is 0.950 bits per heavy atom. The second kappa shape index (κ2) is 8.62. The van der Waals surface area contributed by atoms with Crippen molar-refractivity contribution in [3.63, 3.8) is 0 Å². The molecule has 6 rings (SSSR count). The summed E-state index contributed by atoms with van der Waals surface area (Å²) in [4.78, 5) is 0. The summed E-state index contributed by atoms with van der Waals surface area (Å²) in [7, 11) is -3.44. The van der Waals surface area contributed by atoms with Crippen LogP contribution in [0.25, 0.3) is 0 Å². The number of allylic oxidation sites excluding steroid dienone is 2. The molecule has 4 aliphatic carbocycles. The van der Waals surface area contributed by atoms with Crippen LogP contribution in [-0.4, -0.2) is 26.9 Å². The van der Waals surface area contributed by atoms with Gasteiger partial charge in [-0.2, -0.15) is 8.42 Å². The Labute approximate surface area is 243 Å². The molecule has 0 amide bonds. The Bertz CT molecular complexity index is 1390. The molecule has 3 fully saturated rings. The summed E-state index contributed by atoms with van der Waals surface area (Å²) in [6, 6.07) is 2.54. The third-order valence-corrected chi connectivity index (χ3v) is 13.8. The topological polar surface area (TPSA) is 52.6 Å². The highest BCUT2D eigenvalue weighted by atomic mass is 32.2. The average Bonchev–Trinajstić information content (AvgIpc) is 2.86. The molecule has 0 spiro atoms. The highest BCUT2D eigenvalue weighted by molar-refractivity contribution is 7.85. The van der Waals surface area contributed by atoms with Crippen LogP contribution in [0.4, 0.5) is 0 Å². The first kappa shape index (κ1) is 28.8. The lowest BCUT2D eigenvalue weighted by molar-refractivity contribution is -0.162. The lowest BCUT2D eigenvalue weighted by Gasteiger charge is -2.70. The lowest BCUT2D eigenvalue weighted by atomic mass is 9.34. The molecule has 1 aliphatic heterocycles. The van der Waals surface area contributed by atoms with Crippen molar-refractivity contribution in [3.05, 3.63) is 40.0 Å². The Morgan fingerprint density at radius 2 is 1.65 bits per heavy atom. The molecule has 5 heteroatoms. The molecule has 222 valence electrons. The van der Waals surface area contributed by atoms with Crippen molar-refractivity contribution in [2.45, 2.75) is 131 Å². The molecule has 0 saturated heterocycles. The summed E-state index contributed by atoms with van der Waals surface area (Å²) in [5.41, 5.74) is 7.97. The number of hydrogen-bond acceptors (Lipinski definition) is 4. The van der Waals surface area contributed by atoms with Gasteiger partial charge >= 0.3 is 0 Å². The van der Waals surface area contributed by atoms with E-state index in [1.807, 2.05) is 0 Å². The van der Waals surface area contributed by atoms with Crippen LogP contribution in [0.15, 0.2) is 17.7 Å². The minimum absolute atomic E-state index is 0.0553. The second-order valence-corrected chi connectivity index (χ2v) is 18.1. The van der Waals surface area contributed by atoms with Crippen molar-refractivity contribution in [1.82, 2.24) is 0 Å². The molecule has 1 aromatic rings. The van der Waals surface area contributed by atoms with Crippen LogP contribution in [0.1, 0.15) is 122 Å². The minimum Gasteiger partial charge on any atom is -0.487 e. The van der Waals surface area contributed by atoms with Gasteiger partial charge in [-0.05, 0) is 135 Å². The first-order valence-electron chi connectivity index (χ1n) is 15.8. The maximum Gasteiger partial charge on any atom is 0.264 e. The predicted octanol–water partition coefficient (Wildman–Crippen LogP) is 8.23. The maximum atomic E-state index is 11.9. The van der Waals surface area contributed by atoms with Crippen LogP contribution in [0.5, 0.6) is 5.75 Å². The van der Waals surface area contributed by atoms with Crippen LogP contribution < -0.4 is 4.74 Å². The smallest absolute Gasteiger partial charge is 0.264 e. The zero-order valence-corrected chi connectivity index (χ0v) is 27.4. The van der Waals surface area contributed by atoms with E-state index >= 15 is 0 Å². The molecule has 40 heavy (non-hydrogen) atoms. The third-order valence-electron chi connectivity index (χ3n) is 13.2. The van der Waals surface area contributed by atoms with E-state index in [0.717, 1.165) is 44.3 Å². The molecule has 3 saturated carbocycles. The van der Waals surface area contributed by atoms with Gasteiger partial charge in [-0.25, -0.2) is 0 Å². The molecule has 0 radical (unpaired) electrons. The van der Waals surface area contributed by atoms with Gasteiger partial charge < -0.3 is 4.74 Å². The van der Waals surface area contributed by atoms with Gasteiger partial charge in [0.2, 0.25) is 0 Å². The maximum absolute atomic E-state index is 11.9. The summed E-state index contributed by atoms with van der Waals surface area (Å²) in [6.07, 6.45) is 15.1. The highest BCUT2D eigenvalue weighted by Gasteiger charge is 2.66. The van der Waals surface area contributed by atoms with Crippen molar-refractivity contribution < 1.29 is 17.3 Å². The molecule has 0 bridgehead atoms. The van der Waals surface area contributed by atoms with Crippen molar-refractivity contribution in [3.8, 4) is 5.75 Å². The van der Waals surface area contributed by atoms with Crippen molar-refractivity contribution in [1.29, 1.82) is 0 Å². The molecule has 1 heterocycles. The van der Waals surface area contributed by atoms with Crippen LogP contribution in [0, 0.1) is 34.5 Å². The molecule has 0 unspecified atom stereocenters. The number of benzene rings is 1. The summed E-state index contributed by atoms with van der Waals surface area (Å²) in [5.74, 6) is 1.70. The number of aryl methyl sites for hydroxylation is 1. The van der Waals surface area contributed by atoms with E-state index in [1.54, 1.807) is 11.1 Å². The zero-order chi connectivity index (χ0) is 29.1. The quantitative estimate of drug-likeness (QED) is 0.272. The van der Waals surface area contributed by atoms with Crippen molar-refractivity contribution in [2.24, 2.45) is 27.6 Å². The first-order chi connectivity index (χ1) is 18.4. The summed E-state index contributed by atoms with van der Waals surface area (Å²) in [5, 5.41) is 0. The molecule has 0 aromatic heterocycles. The predicted molar refractivity (Wildman–Crippen MR) is 162 cm³/mol. The number of fused-ring (bicyclic) bond motifs is 8. The van der Waals surface area contributed by atoms with E-state index in [1.165, 1.54) is 48.6 Å². The van der Waals surface area contributed by atoms with Gasteiger partial charge in [0.05, 0.1) is 12.9 Å². The molecule has 4 nitrogen and oxygen atoms in total. The molecule has 1 aromatic carbocycles. The van der Waals surface area contributed by atoms with Gasteiger partial charge in [0.1, 0.15) is 11.4 Å². The molecular formula is C35H52O4S. The van der Waals surface area contributed by atoms with E-state index in [0.29, 0.717) is 17.9 Å². The van der Waals surface area contributed by atoms with Gasteiger partial charge in [0, 0.05) is 5.41 Å². The zero-order valence-electron chi connectivity index (χ0n) is 26.6. The second-order valence-electron chi connectivity index (χ2n) is 16.5. The number of hydrogen-bond donors (Lipinski definition) is 0. The van der Waals surface area contributed by atoms with Crippen LogP contribution in [0.3, 0.4) is 0 Å². The van der Waals surface area contributed by atoms with E-state index in [9.17, 15) is 8.42 Å². The molecule has 6 atom stereocenters. The lowest BCUT2D eigenvalue weighted by Crippen LogP contribution is -2.62. The SMILES string of the molecule is Cc1c2c(cc3c1OC(C)(C)CC3)[C@]1(C)CC[C@@]3(C)[C@@H]4C[C@](C)(COS(C)(=O)=O)CC[C@]4(C)CC[C@]3(C)C1=CC2. The monoisotopic (exact) mass is 568 g/mol. The Morgan fingerprint density at radius 3 is 2.35 bits per heavy atom. The van der Waals surface area contributed by atoms with Crippen LogP contribution >= 0.6 is 0 Å². The molecule has 5 aliphatic rings. The number of ether oxygens (including phenoxy) is 1. The van der Waals surface area contributed by atoms with Gasteiger partial charge in [-0.15, -0.1) is 0 Å². The normalized spacial score (nSPS) is 41.8. The standard InChI is InChI=1S/C35H52O4S/c1-23-25-10-11-27-33(6,26(25)20-24-12-13-30(2,3)39-29(23)24)17-19-35(8)28-21-31(4,22-38-40(9,36)37)14-15-32(28,5)16-18-34(27,35)7/h11,20,28H,10,12-19,21-22H2,1-9H3/t28-,31-,32-,33+,34-,35+/m1/s1. The summed E-state index contributed by atoms with van der Waals surface area (Å²) >= 11 is 0. The van der Waals surface area contributed by atoms with Crippen LogP contribution in [-0.2, 0) is 32.6 Å². The highest BCUT2D eigenvalue weighted by Crippen LogP contribution is 2.74. The summed E-state index contributed by atoms with van der Waals surface area (Å²) < 4.78 is 35.8. The van der Waals surface area contributed by atoms with Gasteiger partial charge in [-0.1, -0.05) is 52.3 Å². The van der Waals surface area contributed by atoms with Crippen molar-refractivity contribution >= 4 is 10.1 Å². The fourth-order valence-corrected chi connectivity index (χ4v) is 10.8. The largest absolute Gasteiger partial charge is 0.487 e. The molecular weight excluding hydrogens is 516 g/mol. The molecule has 0 N–H and O–H groups in total. The van der Waals surface area contributed by atoms with Gasteiger partial charge in [0.25, 0.3) is 10.1 Å². The Balaban J connectivity index is 1.39. The van der Waals surface area contributed by atoms with E-state index in [2.05, 4.69) is 67.5 Å². The third kappa shape index (κ3) is 4.10. The van der Waals surface area contributed by atoms with E-state index in [-0.39, 0.29) is 27.3 Å². The van der Waals surface area contributed by atoms with E-state index in [4.69, 9.17) is 8.92 Å². The average molecular weight is 569 g/mol. The van der Waals surface area contributed by atoms with Gasteiger partial charge in [0.15, 0.2) is 0 Å².